The van der Waals surface area contributed by atoms with E-state index in [0.29, 0.717) is 8.45 Å². The Hall–Kier alpha value is -3.17. The van der Waals surface area contributed by atoms with Crippen LogP contribution in [-0.4, -0.2) is 6.19 Å². The molecule has 0 aromatic heterocycles. The summed E-state index contributed by atoms with van der Waals surface area (Å²) in [5.74, 6) is 0. The SMILES string of the molecule is CC1=Cc2c(-c3cccc4ccccc34)cccc2[CH]1[Ti+2]([CH]1C(C)=Cc2c(-c3cccc4ccccc34)cccc21)=[Si](C)C.[Cl-].[Cl-]. The average Bonchev–Trinajstić information content (AvgIpc) is 3.56. The van der Waals surface area contributed by atoms with E-state index in [1.807, 2.05) is 0 Å². The normalized spacial score (nSPS) is 16.0. The molecule has 0 saturated heterocycles. The van der Waals surface area contributed by atoms with Crippen LogP contribution in [0.1, 0.15) is 44.5 Å². The van der Waals surface area contributed by atoms with Crippen molar-refractivity contribution in [3.8, 4) is 22.3 Å². The fourth-order valence-corrected chi connectivity index (χ4v) is 21.9. The van der Waals surface area contributed by atoms with Gasteiger partial charge in [0.2, 0.25) is 0 Å². The minimum absolute atomic E-state index is 0. The van der Waals surface area contributed by atoms with Crippen LogP contribution in [0.2, 0.25) is 13.1 Å². The number of halogens is 2. The summed E-state index contributed by atoms with van der Waals surface area (Å²) < 4.78 is 1.17. The molecule has 0 N–H and O–H groups in total. The molecule has 0 saturated carbocycles. The number of fused-ring (bicyclic) bond motifs is 4. The maximum atomic E-state index is 2.61. The van der Waals surface area contributed by atoms with Gasteiger partial charge in [0.25, 0.3) is 0 Å². The molecule has 8 rings (SSSR count). The number of rotatable bonds is 4. The smallest absolute Gasteiger partial charge is 1.00 e. The van der Waals surface area contributed by atoms with Crippen LogP contribution in [0.3, 0.4) is 0 Å². The Kier molecular flexibility index (Phi) is 9.36. The van der Waals surface area contributed by atoms with Gasteiger partial charge in [0, 0.05) is 0 Å². The van der Waals surface area contributed by atoms with E-state index < -0.39 is 22.8 Å². The van der Waals surface area contributed by atoms with Crippen LogP contribution in [0.15, 0.2) is 132 Å². The van der Waals surface area contributed by atoms with E-state index in [0.717, 1.165) is 0 Å². The van der Waals surface area contributed by atoms with Gasteiger partial charge in [-0.15, -0.1) is 0 Å². The van der Waals surface area contributed by atoms with Crippen LogP contribution < -0.4 is 24.8 Å². The summed E-state index contributed by atoms with van der Waals surface area (Å²) in [6.07, 6.45) is 4.58. The molecule has 0 heterocycles. The van der Waals surface area contributed by atoms with Gasteiger partial charge in [-0.05, 0) is 0 Å². The van der Waals surface area contributed by atoms with Crippen LogP contribution in [0.4, 0.5) is 0 Å². The van der Waals surface area contributed by atoms with Crippen molar-refractivity contribution in [3.05, 3.63) is 155 Å². The fraction of sp³-hybridized carbons (Fsp3) is 0.143. The van der Waals surface area contributed by atoms with Gasteiger partial charge in [-0.25, -0.2) is 0 Å². The van der Waals surface area contributed by atoms with Crippen molar-refractivity contribution in [2.45, 2.75) is 35.4 Å². The zero-order valence-corrected chi connectivity index (χ0v) is 30.7. The van der Waals surface area contributed by atoms with Gasteiger partial charge >= 0.3 is 269 Å². The maximum Gasteiger partial charge on any atom is -1.00 e. The first kappa shape index (κ1) is 32.8. The first-order valence-electron chi connectivity index (χ1n) is 15.8. The van der Waals surface area contributed by atoms with Gasteiger partial charge in [-0.1, -0.05) is 0 Å². The molecule has 226 valence electrons. The Morgan fingerprint density at radius 3 is 1.26 bits per heavy atom. The monoisotopic (exact) mass is 686 g/mol. The molecule has 2 atom stereocenters. The number of benzene rings is 6. The number of hydrogen-bond acceptors (Lipinski definition) is 0. The van der Waals surface area contributed by atoms with Crippen molar-refractivity contribution in [2.75, 3.05) is 0 Å². The van der Waals surface area contributed by atoms with Gasteiger partial charge in [0.05, 0.1) is 0 Å². The zero-order chi connectivity index (χ0) is 29.9. The Morgan fingerprint density at radius 2 is 0.826 bits per heavy atom. The molecule has 6 aromatic rings. The molecule has 0 aliphatic heterocycles. The molecule has 2 unspecified atom stereocenters. The zero-order valence-electron chi connectivity index (χ0n) is 26.6. The van der Waals surface area contributed by atoms with E-state index >= 15 is 0 Å². The Bertz CT molecular complexity index is 2080. The van der Waals surface area contributed by atoms with Crippen LogP contribution in [0.5, 0.6) is 0 Å². The van der Waals surface area contributed by atoms with Crippen molar-refractivity contribution in [1.29, 1.82) is 0 Å². The predicted molar refractivity (Wildman–Crippen MR) is 189 cm³/mol. The summed E-state index contributed by atoms with van der Waals surface area (Å²) in [6, 6.07) is 45.5. The summed E-state index contributed by atoms with van der Waals surface area (Å²) in [5, 5.41) is 5.30. The molecule has 6 aromatic carbocycles. The molecule has 4 heteroatoms. The van der Waals surface area contributed by atoms with Crippen molar-refractivity contribution >= 4 is 39.9 Å². The second-order valence-corrected chi connectivity index (χ2v) is 25.1. The Labute approximate surface area is 291 Å². The third-order valence-electron chi connectivity index (χ3n) is 9.92. The summed E-state index contributed by atoms with van der Waals surface area (Å²) in [7, 11) is 0. The Morgan fingerprint density at radius 1 is 0.457 bits per heavy atom. The molecule has 0 radical (unpaired) electrons. The van der Waals surface area contributed by atoms with Crippen molar-refractivity contribution in [1.82, 2.24) is 0 Å². The van der Waals surface area contributed by atoms with Crippen molar-refractivity contribution in [2.24, 2.45) is 0 Å². The number of hydrogen-bond donors (Lipinski definition) is 0. The van der Waals surface area contributed by atoms with Gasteiger partial charge in [-0.3, -0.25) is 0 Å². The van der Waals surface area contributed by atoms with E-state index in [1.54, 1.807) is 22.3 Å². The summed E-state index contributed by atoms with van der Waals surface area (Å²) in [4.78, 5) is 0. The summed E-state index contributed by atoms with van der Waals surface area (Å²) in [5.41, 5.74) is 14.7. The molecular formula is C42H36Cl2SiTi. The summed E-state index contributed by atoms with van der Waals surface area (Å²) >= 11 is -1.75. The van der Waals surface area contributed by atoms with E-state index in [4.69, 9.17) is 0 Å². The molecule has 0 spiro atoms. The van der Waals surface area contributed by atoms with E-state index in [2.05, 4.69) is 160 Å². The maximum absolute atomic E-state index is 2.61. The molecule has 2 aliphatic rings. The van der Waals surface area contributed by atoms with Crippen LogP contribution >= 0.6 is 0 Å². The van der Waals surface area contributed by atoms with Crippen LogP contribution in [0.25, 0.3) is 56.0 Å². The third-order valence-corrected chi connectivity index (χ3v) is 23.2. The molecule has 2 aliphatic carbocycles. The van der Waals surface area contributed by atoms with Gasteiger partial charge in [0.15, 0.2) is 0 Å². The molecule has 0 nitrogen and oxygen atoms in total. The molecule has 46 heavy (non-hydrogen) atoms. The largest absolute Gasteiger partial charge is 1.00 e. The molecule has 0 fully saturated rings. The van der Waals surface area contributed by atoms with Crippen LogP contribution in [-0.2, 0) is 16.6 Å². The van der Waals surface area contributed by atoms with E-state index in [1.165, 1.54) is 54.9 Å². The topological polar surface area (TPSA) is 0 Å². The molecule has 0 bridgehead atoms. The van der Waals surface area contributed by atoms with Crippen molar-refractivity contribution < 1.29 is 41.4 Å². The minimum atomic E-state index is -1.75. The standard InChI is InChI=1S/2C20H15.C2H6Si.2ClH.Ti/c2*1-14-12-16-8-5-11-19(20(16)13-14)18-10-4-7-15-6-2-3-9-17(15)18;1-3-2;;;/h2*2-13H,1H3;1-2H3;2*1H;/q;;;;;+2/p-2. The van der Waals surface area contributed by atoms with E-state index in [-0.39, 0.29) is 24.8 Å². The first-order chi connectivity index (χ1) is 21.5. The minimum Gasteiger partial charge on any atom is -1.00 e. The first-order valence-corrected chi connectivity index (χ1v) is 22.4. The van der Waals surface area contributed by atoms with Crippen molar-refractivity contribution in [3.63, 3.8) is 0 Å². The summed E-state index contributed by atoms with van der Waals surface area (Å²) in [6.45, 7) is 10.1. The quantitative estimate of drug-likeness (QED) is 0.205. The van der Waals surface area contributed by atoms with Crippen LogP contribution in [0, 0.1) is 0 Å². The third kappa shape index (κ3) is 5.27. The second kappa shape index (κ2) is 13.1. The fourth-order valence-electron chi connectivity index (χ4n) is 8.06. The van der Waals surface area contributed by atoms with Gasteiger partial charge in [0.1, 0.15) is 0 Å². The average molecular weight is 688 g/mol. The second-order valence-electron chi connectivity index (χ2n) is 12.8. The predicted octanol–water partition coefficient (Wildman–Crippen LogP) is 5.82. The van der Waals surface area contributed by atoms with Gasteiger partial charge in [-0.2, -0.15) is 0 Å². The number of allylic oxidation sites excluding steroid dienone is 2. The molecule has 0 amide bonds. The Balaban J connectivity index is 0.00000186. The molecular weight excluding hydrogens is 651 g/mol. The van der Waals surface area contributed by atoms with Gasteiger partial charge < -0.3 is 24.8 Å². The van der Waals surface area contributed by atoms with E-state index in [9.17, 15) is 0 Å².